The maximum Gasteiger partial charge on any atom is 0.338 e. The van der Waals surface area contributed by atoms with E-state index >= 15 is 0 Å². The quantitative estimate of drug-likeness (QED) is 0.463. The van der Waals surface area contributed by atoms with Crippen LogP contribution in [-0.4, -0.2) is 43.3 Å². The number of hydrogen-bond donors (Lipinski definition) is 0. The van der Waals surface area contributed by atoms with Gasteiger partial charge in [-0.3, -0.25) is 10.1 Å². The molecule has 1 aliphatic heterocycles. The number of nitro benzene ring substituents is 1. The molecule has 1 heterocycles. The number of ether oxygens (including phenoxy) is 3. The van der Waals surface area contributed by atoms with E-state index in [1.807, 2.05) is 0 Å². The van der Waals surface area contributed by atoms with Crippen LogP contribution in [0.4, 0.5) is 5.69 Å². The Labute approximate surface area is 126 Å². The summed E-state index contributed by atoms with van der Waals surface area (Å²) in [6.07, 6.45) is 1.56. The van der Waals surface area contributed by atoms with Crippen molar-refractivity contribution < 1.29 is 28.7 Å². The highest BCUT2D eigenvalue weighted by Gasteiger charge is 2.21. The molecular formula is C14H15NO7. The number of non-ortho nitro benzene ring substituents is 1. The first-order valence-electron chi connectivity index (χ1n) is 6.68. The molecule has 8 nitrogen and oxygen atoms in total. The van der Waals surface area contributed by atoms with Gasteiger partial charge in [0.15, 0.2) is 0 Å². The molecular weight excluding hydrogens is 294 g/mol. The number of carbonyl (C=O) groups excluding carboxylic acids is 2. The van der Waals surface area contributed by atoms with Crippen LogP contribution in [0.25, 0.3) is 0 Å². The average Bonchev–Trinajstić information content (AvgIpc) is 3.04. The number of esters is 2. The standard InChI is InChI=1S/C14H15NO7/c1-20-13(16)9-5-10(7-11(6-9)15(18)19)14(17)22-8-12-3-2-4-21-12/h5-7,12H,2-4,8H2,1H3/t12-/m0/s1. The largest absolute Gasteiger partial charge is 0.465 e. The number of nitrogens with zero attached hydrogens (tertiary/aromatic N) is 1. The number of hydrogen-bond acceptors (Lipinski definition) is 7. The van der Waals surface area contributed by atoms with E-state index in [1.165, 1.54) is 6.07 Å². The van der Waals surface area contributed by atoms with Gasteiger partial charge in [-0.2, -0.15) is 0 Å². The fourth-order valence-corrected chi connectivity index (χ4v) is 2.10. The monoisotopic (exact) mass is 309 g/mol. The molecule has 1 fully saturated rings. The molecule has 0 aliphatic carbocycles. The maximum absolute atomic E-state index is 12.0. The lowest BCUT2D eigenvalue weighted by Crippen LogP contribution is -2.18. The smallest absolute Gasteiger partial charge is 0.338 e. The molecule has 0 N–H and O–H groups in total. The zero-order valence-electron chi connectivity index (χ0n) is 11.9. The van der Waals surface area contributed by atoms with Gasteiger partial charge in [-0.05, 0) is 18.9 Å². The molecule has 8 heteroatoms. The molecule has 0 saturated carbocycles. The van der Waals surface area contributed by atoms with E-state index in [4.69, 9.17) is 9.47 Å². The van der Waals surface area contributed by atoms with Crippen LogP contribution < -0.4 is 0 Å². The molecule has 0 radical (unpaired) electrons. The first kappa shape index (κ1) is 15.9. The fraction of sp³-hybridized carbons (Fsp3) is 0.429. The van der Waals surface area contributed by atoms with E-state index in [0.29, 0.717) is 6.61 Å². The van der Waals surface area contributed by atoms with Gasteiger partial charge in [0.05, 0.1) is 29.3 Å². The van der Waals surface area contributed by atoms with Gasteiger partial charge < -0.3 is 14.2 Å². The van der Waals surface area contributed by atoms with Gasteiger partial charge in [-0.1, -0.05) is 0 Å². The minimum atomic E-state index is -0.767. The van der Waals surface area contributed by atoms with E-state index in [-0.39, 0.29) is 29.5 Å². The normalized spacial score (nSPS) is 17.0. The lowest BCUT2D eigenvalue weighted by atomic mass is 10.1. The van der Waals surface area contributed by atoms with Gasteiger partial charge in [-0.25, -0.2) is 9.59 Å². The fourth-order valence-electron chi connectivity index (χ4n) is 2.10. The summed E-state index contributed by atoms with van der Waals surface area (Å²) < 4.78 is 14.9. The van der Waals surface area contributed by atoms with Crippen molar-refractivity contribution in [2.75, 3.05) is 20.3 Å². The van der Waals surface area contributed by atoms with Crippen molar-refractivity contribution in [2.45, 2.75) is 18.9 Å². The van der Waals surface area contributed by atoms with Crippen molar-refractivity contribution in [3.63, 3.8) is 0 Å². The van der Waals surface area contributed by atoms with Crippen LogP contribution in [0.1, 0.15) is 33.6 Å². The lowest BCUT2D eigenvalue weighted by Gasteiger charge is -2.10. The van der Waals surface area contributed by atoms with Crippen LogP contribution in [0.5, 0.6) is 0 Å². The minimum Gasteiger partial charge on any atom is -0.465 e. The first-order chi connectivity index (χ1) is 10.5. The summed E-state index contributed by atoms with van der Waals surface area (Å²) in [6.45, 7) is 0.709. The Kier molecular flexibility index (Phi) is 5.05. The van der Waals surface area contributed by atoms with Gasteiger partial charge >= 0.3 is 11.9 Å². The van der Waals surface area contributed by atoms with Crippen LogP contribution in [0.15, 0.2) is 18.2 Å². The van der Waals surface area contributed by atoms with E-state index in [9.17, 15) is 19.7 Å². The van der Waals surface area contributed by atoms with E-state index in [2.05, 4.69) is 4.74 Å². The topological polar surface area (TPSA) is 105 Å². The second kappa shape index (κ2) is 6.99. The van der Waals surface area contributed by atoms with Gasteiger partial charge in [0.1, 0.15) is 6.61 Å². The van der Waals surface area contributed by atoms with E-state index in [1.54, 1.807) is 0 Å². The third kappa shape index (κ3) is 3.79. The lowest BCUT2D eigenvalue weighted by molar-refractivity contribution is -0.384. The Balaban J connectivity index is 2.16. The second-order valence-electron chi connectivity index (χ2n) is 4.75. The Morgan fingerprint density at radius 2 is 2.00 bits per heavy atom. The van der Waals surface area contributed by atoms with Crippen LogP contribution >= 0.6 is 0 Å². The molecule has 1 saturated heterocycles. The van der Waals surface area contributed by atoms with Crippen molar-refractivity contribution in [3.8, 4) is 0 Å². The highest BCUT2D eigenvalue weighted by molar-refractivity contribution is 5.96. The van der Waals surface area contributed by atoms with Crippen molar-refractivity contribution in [1.82, 2.24) is 0 Å². The molecule has 1 atom stereocenters. The van der Waals surface area contributed by atoms with Crippen molar-refractivity contribution in [1.29, 1.82) is 0 Å². The Bertz CT molecular complexity index is 593. The molecule has 2 rings (SSSR count). The minimum absolute atomic E-state index is 0.0763. The van der Waals surface area contributed by atoms with Gasteiger partial charge in [0, 0.05) is 18.7 Å². The molecule has 1 aromatic carbocycles. The maximum atomic E-state index is 12.0. The average molecular weight is 309 g/mol. The van der Waals surface area contributed by atoms with Crippen LogP contribution in [0.2, 0.25) is 0 Å². The van der Waals surface area contributed by atoms with Crippen molar-refractivity contribution in [2.24, 2.45) is 0 Å². The number of rotatable bonds is 5. The molecule has 1 aliphatic rings. The summed E-state index contributed by atoms with van der Waals surface area (Å²) in [5, 5.41) is 10.9. The summed E-state index contributed by atoms with van der Waals surface area (Å²) in [7, 11) is 1.15. The number of methoxy groups -OCH3 is 1. The molecule has 0 unspecified atom stereocenters. The summed E-state index contributed by atoms with van der Waals surface area (Å²) in [4.78, 5) is 33.7. The molecule has 118 valence electrons. The summed E-state index contributed by atoms with van der Waals surface area (Å²) >= 11 is 0. The summed E-state index contributed by atoms with van der Waals surface area (Å²) in [5.41, 5.74) is -0.541. The zero-order chi connectivity index (χ0) is 16.1. The zero-order valence-corrected chi connectivity index (χ0v) is 11.9. The Morgan fingerprint density at radius 3 is 2.55 bits per heavy atom. The first-order valence-corrected chi connectivity index (χ1v) is 6.68. The highest BCUT2D eigenvalue weighted by Crippen LogP contribution is 2.19. The van der Waals surface area contributed by atoms with E-state index in [0.717, 1.165) is 32.1 Å². The highest BCUT2D eigenvalue weighted by atomic mass is 16.6. The molecule has 0 spiro atoms. The van der Waals surface area contributed by atoms with Gasteiger partial charge in [0.2, 0.25) is 0 Å². The van der Waals surface area contributed by atoms with Gasteiger partial charge in [-0.15, -0.1) is 0 Å². The van der Waals surface area contributed by atoms with Crippen LogP contribution in [-0.2, 0) is 14.2 Å². The third-order valence-corrected chi connectivity index (χ3v) is 3.21. The third-order valence-electron chi connectivity index (χ3n) is 3.21. The molecule has 0 aromatic heterocycles. The summed E-state index contributed by atoms with van der Waals surface area (Å²) in [6, 6.07) is 3.31. The van der Waals surface area contributed by atoms with Crippen molar-refractivity contribution >= 4 is 17.6 Å². The van der Waals surface area contributed by atoms with Gasteiger partial charge in [0.25, 0.3) is 5.69 Å². The van der Waals surface area contributed by atoms with Crippen LogP contribution in [0.3, 0.4) is 0 Å². The van der Waals surface area contributed by atoms with Crippen molar-refractivity contribution in [3.05, 3.63) is 39.4 Å². The molecule has 0 bridgehead atoms. The predicted octanol–water partition coefficient (Wildman–Crippen LogP) is 1.72. The number of nitro groups is 1. The molecule has 1 aromatic rings. The summed E-state index contributed by atoms with van der Waals surface area (Å²) in [5.74, 6) is -1.51. The Hall–Kier alpha value is -2.48. The van der Waals surface area contributed by atoms with Crippen LogP contribution in [0, 0.1) is 10.1 Å². The SMILES string of the molecule is COC(=O)c1cc(C(=O)OC[C@@H]2CCCO2)cc([N+](=O)[O-])c1. The Morgan fingerprint density at radius 1 is 1.32 bits per heavy atom. The predicted molar refractivity (Wildman–Crippen MR) is 73.7 cm³/mol. The molecule has 0 amide bonds. The van der Waals surface area contributed by atoms with E-state index < -0.39 is 16.9 Å². The number of carbonyl (C=O) groups is 2. The molecule has 22 heavy (non-hydrogen) atoms. The second-order valence-corrected chi connectivity index (χ2v) is 4.75. The number of benzene rings is 1.